The van der Waals surface area contributed by atoms with Crippen LogP contribution in [0.4, 0.5) is 0 Å². The highest BCUT2D eigenvalue weighted by molar-refractivity contribution is 5.85. The molecule has 1 rings (SSSR count). The number of allylic oxidation sites excluding steroid dienone is 1. The second-order valence-corrected chi connectivity index (χ2v) is 4.00. The van der Waals surface area contributed by atoms with Crippen LogP contribution in [0.2, 0.25) is 0 Å². The van der Waals surface area contributed by atoms with Gasteiger partial charge in [-0.25, -0.2) is 0 Å². The molecule has 0 aliphatic heterocycles. The molecule has 16 heavy (non-hydrogen) atoms. The maximum Gasteiger partial charge on any atom is 0.305 e. The van der Waals surface area contributed by atoms with E-state index in [1.807, 2.05) is 0 Å². The molecule has 1 unspecified atom stereocenters. The van der Waals surface area contributed by atoms with Crippen molar-refractivity contribution in [3.8, 4) is 0 Å². The normalized spacial score (nSPS) is 16.7. The Balaban J connectivity index is 2.16. The van der Waals surface area contributed by atoms with Crippen LogP contribution < -0.4 is 11.1 Å². The first-order chi connectivity index (χ1) is 7.59. The summed E-state index contributed by atoms with van der Waals surface area (Å²) < 4.78 is 0. The zero-order valence-corrected chi connectivity index (χ0v) is 9.24. The molecule has 0 heterocycles. The molecule has 0 aromatic heterocycles. The molecule has 0 saturated carbocycles. The van der Waals surface area contributed by atoms with E-state index < -0.39 is 12.0 Å². The molecule has 0 spiro atoms. The number of hydrogen-bond donors (Lipinski definition) is 3. The highest BCUT2D eigenvalue weighted by Crippen LogP contribution is 2.19. The van der Waals surface area contributed by atoms with Gasteiger partial charge in [-0.15, -0.1) is 0 Å². The van der Waals surface area contributed by atoms with Gasteiger partial charge >= 0.3 is 5.97 Å². The monoisotopic (exact) mass is 226 g/mol. The molecular formula is C11H18N2O3. The summed E-state index contributed by atoms with van der Waals surface area (Å²) in [6, 6.07) is -0.949. The molecule has 1 aliphatic rings. The van der Waals surface area contributed by atoms with E-state index >= 15 is 0 Å². The van der Waals surface area contributed by atoms with Gasteiger partial charge in [-0.05, 0) is 25.7 Å². The molecule has 0 aromatic rings. The molecular weight excluding hydrogens is 208 g/mol. The minimum absolute atomic E-state index is 0.325. The van der Waals surface area contributed by atoms with Gasteiger partial charge in [-0.2, -0.15) is 0 Å². The number of carboxylic acids is 1. The van der Waals surface area contributed by atoms with Gasteiger partial charge < -0.3 is 16.2 Å². The number of nitrogens with one attached hydrogen (secondary N) is 1. The SMILES string of the molecule is NC(CC(=O)O)C(=O)NCCC1=CCCC1. The summed E-state index contributed by atoms with van der Waals surface area (Å²) in [5, 5.41) is 11.1. The maximum absolute atomic E-state index is 11.3. The molecule has 0 radical (unpaired) electrons. The summed E-state index contributed by atoms with van der Waals surface area (Å²) in [6.07, 6.45) is 6.14. The molecule has 1 atom stereocenters. The average Bonchev–Trinajstić information content (AvgIpc) is 2.69. The van der Waals surface area contributed by atoms with Gasteiger partial charge in [0.15, 0.2) is 0 Å². The lowest BCUT2D eigenvalue weighted by molar-refractivity contribution is -0.139. The third-order valence-electron chi connectivity index (χ3n) is 2.61. The standard InChI is InChI=1S/C11H18N2O3/c12-9(7-10(14)15)11(16)13-6-5-8-3-1-2-4-8/h3,9H,1-2,4-7,12H2,(H,13,16)(H,14,15). The van der Waals surface area contributed by atoms with E-state index in [1.165, 1.54) is 12.0 Å². The largest absolute Gasteiger partial charge is 0.481 e. The molecule has 1 aliphatic carbocycles. The molecule has 0 bridgehead atoms. The summed E-state index contributed by atoms with van der Waals surface area (Å²) in [5.74, 6) is -1.44. The van der Waals surface area contributed by atoms with Crippen LogP contribution in [0.25, 0.3) is 0 Å². The fourth-order valence-corrected chi connectivity index (χ4v) is 1.72. The van der Waals surface area contributed by atoms with Crippen LogP contribution >= 0.6 is 0 Å². The van der Waals surface area contributed by atoms with Crippen LogP contribution in [-0.4, -0.2) is 29.6 Å². The average molecular weight is 226 g/mol. The molecule has 0 aromatic carbocycles. The van der Waals surface area contributed by atoms with Crippen molar-refractivity contribution < 1.29 is 14.7 Å². The van der Waals surface area contributed by atoms with Crippen LogP contribution in [0, 0.1) is 0 Å². The van der Waals surface area contributed by atoms with E-state index in [0.717, 1.165) is 19.3 Å². The lowest BCUT2D eigenvalue weighted by Gasteiger charge is -2.10. The van der Waals surface area contributed by atoms with Crippen molar-refractivity contribution in [2.24, 2.45) is 5.73 Å². The van der Waals surface area contributed by atoms with E-state index in [0.29, 0.717) is 6.54 Å². The Labute approximate surface area is 94.7 Å². The van der Waals surface area contributed by atoms with Crippen LogP contribution in [0.1, 0.15) is 32.1 Å². The van der Waals surface area contributed by atoms with Gasteiger partial charge in [0.2, 0.25) is 5.91 Å². The Bertz CT molecular complexity index is 300. The second kappa shape index (κ2) is 6.27. The summed E-state index contributed by atoms with van der Waals surface area (Å²) in [7, 11) is 0. The molecule has 5 nitrogen and oxygen atoms in total. The van der Waals surface area contributed by atoms with E-state index in [2.05, 4.69) is 11.4 Å². The van der Waals surface area contributed by atoms with Crippen molar-refractivity contribution in [3.63, 3.8) is 0 Å². The number of amides is 1. The van der Waals surface area contributed by atoms with Gasteiger partial charge in [0.25, 0.3) is 0 Å². The summed E-state index contributed by atoms with van der Waals surface area (Å²) in [6.45, 7) is 0.540. The third kappa shape index (κ3) is 4.44. The Hall–Kier alpha value is -1.36. The topological polar surface area (TPSA) is 92.4 Å². The number of carboxylic acid groups (broad SMARTS) is 1. The molecule has 5 heteroatoms. The number of aliphatic carboxylic acids is 1. The fourth-order valence-electron chi connectivity index (χ4n) is 1.72. The minimum atomic E-state index is -1.05. The van der Waals surface area contributed by atoms with Gasteiger partial charge in [0.05, 0.1) is 12.5 Å². The summed E-state index contributed by atoms with van der Waals surface area (Å²) >= 11 is 0. The first-order valence-corrected chi connectivity index (χ1v) is 5.52. The van der Waals surface area contributed by atoms with Crippen molar-refractivity contribution in [3.05, 3.63) is 11.6 Å². The minimum Gasteiger partial charge on any atom is -0.481 e. The maximum atomic E-state index is 11.3. The summed E-state index contributed by atoms with van der Waals surface area (Å²) in [5.41, 5.74) is 6.77. The first kappa shape index (κ1) is 12.7. The van der Waals surface area contributed by atoms with Crippen molar-refractivity contribution in [2.45, 2.75) is 38.1 Å². The highest BCUT2D eigenvalue weighted by Gasteiger charge is 2.16. The van der Waals surface area contributed by atoms with E-state index in [1.54, 1.807) is 0 Å². The Morgan fingerprint density at radius 3 is 2.88 bits per heavy atom. The summed E-state index contributed by atoms with van der Waals surface area (Å²) in [4.78, 5) is 21.7. The van der Waals surface area contributed by atoms with E-state index in [9.17, 15) is 9.59 Å². The molecule has 0 fully saturated rings. The second-order valence-electron chi connectivity index (χ2n) is 4.00. The Kier molecular flexibility index (Phi) is 4.98. The third-order valence-corrected chi connectivity index (χ3v) is 2.61. The van der Waals surface area contributed by atoms with Gasteiger partial charge in [-0.1, -0.05) is 11.6 Å². The van der Waals surface area contributed by atoms with Crippen molar-refractivity contribution >= 4 is 11.9 Å². The van der Waals surface area contributed by atoms with E-state index in [4.69, 9.17) is 10.8 Å². The Morgan fingerprint density at radius 2 is 2.31 bits per heavy atom. The van der Waals surface area contributed by atoms with Crippen molar-refractivity contribution in [1.29, 1.82) is 0 Å². The smallest absolute Gasteiger partial charge is 0.305 e. The first-order valence-electron chi connectivity index (χ1n) is 5.52. The van der Waals surface area contributed by atoms with Gasteiger partial charge in [0.1, 0.15) is 0 Å². The number of carbonyl (C=O) groups is 2. The van der Waals surface area contributed by atoms with Crippen LogP contribution in [0.15, 0.2) is 11.6 Å². The number of rotatable bonds is 6. The quantitative estimate of drug-likeness (QED) is 0.572. The lowest BCUT2D eigenvalue weighted by Crippen LogP contribution is -2.42. The number of hydrogen-bond acceptors (Lipinski definition) is 3. The van der Waals surface area contributed by atoms with Gasteiger partial charge in [0, 0.05) is 6.54 Å². The van der Waals surface area contributed by atoms with Crippen LogP contribution in [0.3, 0.4) is 0 Å². The molecule has 90 valence electrons. The number of nitrogens with two attached hydrogens (primary N) is 1. The zero-order valence-electron chi connectivity index (χ0n) is 9.24. The van der Waals surface area contributed by atoms with E-state index in [-0.39, 0.29) is 12.3 Å². The van der Waals surface area contributed by atoms with Crippen LogP contribution in [-0.2, 0) is 9.59 Å². The number of carbonyl (C=O) groups excluding carboxylic acids is 1. The highest BCUT2D eigenvalue weighted by atomic mass is 16.4. The van der Waals surface area contributed by atoms with Gasteiger partial charge in [-0.3, -0.25) is 9.59 Å². The molecule has 4 N–H and O–H groups in total. The fraction of sp³-hybridized carbons (Fsp3) is 0.636. The van der Waals surface area contributed by atoms with Crippen molar-refractivity contribution in [1.82, 2.24) is 5.32 Å². The van der Waals surface area contributed by atoms with Crippen LogP contribution in [0.5, 0.6) is 0 Å². The predicted octanol–water partition coefficient (Wildman–Crippen LogP) is 0.405. The predicted molar refractivity (Wildman–Crippen MR) is 59.8 cm³/mol. The molecule has 1 amide bonds. The van der Waals surface area contributed by atoms with Crippen molar-refractivity contribution in [2.75, 3.05) is 6.54 Å². The lowest BCUT2D eigenvalue weighted by atomic mass is 10.1. The zero-order chi connectivity index (χ0) is 12.0. The molecule has 0 saturated heterocycles. The Morgan fingerprint density at radius 1 is 1.56 bits per heavy atom.